The van der Waals surface area contributed by atoms with E-state index in [2.05, 4.69) is 17.6 Å². The number of carbonyl (C=O) groups excluding carboxylic acids is 2. The van der Waals surface area contributed by atoms with Crippen molar-refractivity contribution in [3.63, 3.8) is 0 Å². The maximum absolute atomic E-state index is 12.5. The van der Waals surface area contributed by atoms with E-state index in [1.165, 1.54) is 12.5 Å². The number of methoxy groups -OCH3 is 1. The van der Waals surface area contributed by atoms with E-state index in [1.807, 2.05) is 31.2 Å². The third kappa shape index (κ3) is 7.59. The molecule has 1 aliphatic rings. The molecule has 0 aliphatic heterocycles. The molecule has 1 aliphatic carbocycles. The first-order valence-corrected chi connectivity index (χ1v) is 11.9. The first-order chi connectivity index (χ1) is 16.4. The number of unbranched alkanes of at least 4 members (excludes halogenated alkanes) is 1. The minimum absolute atomic E-state index is 0.0179. The number of para-hydroxylation sites is 1. The molecule has 34 heavy (non-hydrogen) atoms. The minimum Gasteiger partial charge on any atom is -0.494 e. The molecule has 0 aromatic heterocycles. The zero-order chi connectivity index (χ0) is 25.1. The van der Waals surface area contributed by atoms with Crippen LogP contribution in [0.25, 0.3) is 5.70 Å². The van der Waals surface area contributed by atoms with Crippen molar-refractivity contribution in [1.29, 1.82) is 0 Å². The summed E-state index contributed by atoms with van der Waals surface area (Å²) in [5, 5.41) is 7.71. The number of rotatable bonds is 13. The number of anilines is 1. The molecule has 1 aromatic carbocycles. The van der Waals surface area contributed by atoms with Crippen LogP contribution in [-0.4, -0.2) is 24.3 Å². The lowest BCUT2D eigenvalue weighted by molar-refractivity contribution is -0.121. The fourth-order valence-electron chi connectivity index (χ4n) is 3.31. The number of hydrogen-bond donors (Lipinski definition) is 4. The van der Waals surface area contributed by atoms with Crippen molar-refractivity contribution in [3.05, 3.63) is 65.0 Å². The average Bonchev–Trinajstić information content (AvgIpc) is 3.66. The van der Waals surface area contributed by atoms with Crippen LogP contribution in [-0.2, 0) is 9.59 Å². The molecular formula is C26H34N4O3S. The predicted molar refractivity (Wildman–Crippen MR) is 142 cm³/mol. The molecule has 182 valence electrons. The molecule has 1 aromatic rings. The summed E-state index contributed by atoms with van der Waals surface area (Å²) >= 11 is 4.90. The Kier molecular flexibility index (Phi) is 10.5. The van der Waals surface area contributed by atoms with E-state index in [1.54, 1.807) is 18.2 Å². The van der Waals surface area contributed by atoms with Crippen LogP contribution < -0.4 is 26.8 Å². The van der Waals surface area contributed by atoms with E-state index in [0.717, 1.165) is 25.7 Å². The van der Waals surface area contributed by atoms with Crippen LogP contribution in [0.5, 0.6) is 5.75 Å². The Hall–Kier alpha value is -3.39. The molecular weight excluding hydrogens is 448 g/mol. The molecule has 2 amide bonds. The summed E-state index contributed by atoms with van der Waals surface area (Å²) in [5.74, 6) is -0.0697. The highest BCUT2D eigenvalue weighted by molar-refractivity contribution is 7.79. The Labute approximate surface area is 207 Å². The quantitative estimate of drug-likeness (QED) is 0.189. The van der Waals surface area contributed by atoms with E-state index in [4.69, 9.17) is 28.4 Å². The Bertz CT molecular complexity index is 1040. The molecule has 2 rings (SSSR count). The van der Waals surface area contributed by atoms with Crippen LogP contribution in [0.15, 0.2) is 59.5 Å². The van der Waals surface area contributed by atoms with Crippen LogP contribution >= 0.6 is 12.2 Å². The molecule has 6 N–H and O–H groups in total. The number of amides is 2. The van der Waals surface area contributed by atoms with Gasteiger partial charge >= 0.3 is 0 Å². The maximum atomic E-state index is 12.5. The summed E-state index contributed by atoms with van der Waals surface area (Å²) in [6.45, 7) is 3.97. The number of nitrogens with one attached hydrogen (secondary N) is 2. The van der Waals surface area contributed by atoms with Gasteiger partial charge in [0.1, 0.15) is 0 Å². The molecule has 1 saturated carbocycles. The lowest BCUT2D eigenvalue weighted by Crippen LogP contribution is -2.25. The summed E-state index contributed by atoms with van der Waals surface area (Å²) in [6, 6.07) is 5.44. The van der Waals surface area contributed by atoms with Gasteiger partial charge in [-0.15, -0.1) is 0 Å². The monoisotopic (exact) mass is 482 g/mol. The summed E-state index contributed by atoms with van der Waals surface area (Å²) in [7, 11) is 1.54. The second-order valence-electron chi connectivity index (χ2n) is 7.93. The number of allylic oxidation sites excluding steroid dienone is 4. The highest BCUT2D eigenvalue weighted by atomic mass is 32.1. The summed E-state index contributed by atoms with van der Waals surface area (Å²) in [5.41, 5.74) is 14.9. The van der Waals surface area contributed by atoms with Gasteiger partial charge in [-0.1, -0.05) is 50.7 Å². The van der Waals surface area contributed by atoms with Crippen molar-refractivity contribution in [3.8, 4) is 5.75 Å². The van der Waals surface area contributed by atoms with Gasteiger partial charge in [0.25, 0.3) is 0 Å². The van der Waals surface area contributed by atoms with Crippen molar-refractivity contribution >= 4 is 40.8 Å². The molecule has 0 unspecified atom stereocenters. The first kappa shape index (κ1) is 26.9. The zero-order valence-corrected chi connectivity index (χ0v) is 20.8. The number of thiocarbonyl (C=S) groups is 1. The van der Waals surface area contributed by atoms with E-state index in [0.29, 0.717) is 46.1 Å². The van der Waals surface area contributed by atoms with Gasteiger partial charge < -0.3 is 26.8 Å². The zero-order valence-electron chi connectivity index (χ0n) is 20.0. The minimum atomic E-state index is -0.584. The van der Waals surface area contributed by atoms with Gasteiger partial charge in [0.2, 0.25) is 11.8 Å². The molecule has 0 atom stereocenters. The van der Waals surface area contributed by atoms with Crippen molar-refractivity contribution in [2.45, 2.75) is 46.0 Å². The van der Waals surface area contributed by atoms with Crippen molar-refractivity contribution in [2.75, 3.05) is 12.4 Å². The van der Waals surface area contributed by atoms with Crippen molar-refractivity contribution < 1.29 is 14.3 Å². The van der Waals surface area contributed by atoms with Gasteiger partial charge in [-0.05, 0) is 50.0 Å². The van der Waals surface area contributed by atoms with E-state index < -0.39 is 5.91 Å². The average molecular weight is 483 g/mol. The molecule has 0 saturated heterocycles. The highest BCUT2D eigenvalue weighted by Crippen LogP contribution is 2.34. The third-order valence-corrected chi connectivity index (χ3v) is 5.32. The lowest BCUT2D eigenvalue weighted by Gasteiger charge is -2.19. The van der Waals surface area contributed by atoms with Gasteiger partial charge in [-0.2, -0.15) is 0 Å². The molecule has 0 bridgehead atoms. The maximum Gasteiger partial charge on any atom is 0.250 e. The summed E-state index contributed by atoms with van der Waals surface area (Å²) < 4.78 is 5.64. The Morgan fingerprint density at radius 3 is 2.50 bits per heavy atom. The normalized spacial score (nSPS) is 15.0. The van der Waals surface area contributed by atoms with Gasteiger partial charge in [-0.3, -0.25) is 9.59 Å². The fraction of sp³-hybridized carbons (Fsp3) is 0.346. The number of ether oxygens (including phenoxy) is 1. The second-order valence-corrected chi connectivity index (χ2v) is 8.20. The SMILES string of the molecule is CC/C=C(C(N)=O)/C(=C\C(=C\CCC)NC(=O)C1CC1)Nc1cccc(/C(N)=C/C=S)c1OC. The highest BCUT2D eigenvalue weighted by Gasteiger charge is 2.30. The van der Waals surface area contributed by atoms with Crippen LogP contribution in [0.4, 0.5) is 5.69 Å². The predicted octanol–water partition coefficient (Wildman–Crippen LogP) is 4.32. The molecule has 0 heterocycles. The number of primary amides is 1. The van der Waals surface area contributed by atoms with Gasteiger partial charge in [-0.25, -0.2) is 0 Å². The number of nitrogens with two attached hydrogens (primary N) is 2. The summed E-state index contributed by atoms with van der Waals surface area (Å²) in [6.07, 6.45) is 11.1. The van der Waals surface area contributed by atoms with E-state index >= 15 is 0 Å². The van der Waals surface area contributed by atoms with Crippen molar-refractivity contribution in [2.24, 2.45) is 17.4 Å². The van der Waals surface area contributed by atoms with E-state index in [9.17, 15) is 9.59 Å². The number of hydrogen-bond acceptors (Lipinski definition) is 6. The summed E-state index contributed by atoms with van der Waals surface area (Å²) in [4.78, 5) is 24.8. The molecule has 0 spiro atoms. The molecule has 1 fully saturated rings. The first-order valence-electron chi connectivity index (χ1n) is 11.4. The van der Waals surface area contributed by atoms with Gasteiger partial charge in [0, 0.05) is 28.2 Å². The van der Waals surface area contributed by atoms with Crippen LogP contribution in [0, 0.1) is 5.92 Å². The largest absolute Gasteiger partial charge is 0.494 e. The Balaban J connectivity index is 2.59. The molecule has 8 heteroatoms. The topological polar surface area (TPSA) is 119 Å². The van der Waals surface area contributed by atoms with Crippen LogP contribution in [0.2, 0.25) is 0 Å². The van der Waals surface area contributed by atoms with Gasteiger partial charge in [0.05, 0.1) is 24.1 Å². The van der Waals surface area contributed by atoms with Gasteiger partial charge in [0.15, 0.2) is 5.75 Å². The fourth-order valence-corrected chi connectivity index (χ4v) is 3.46. The van der Waals surface area contributed by atoms with Crippen LogP contribution in [0.3, 0.4) is 0 Å². The number of benzene rings is 1. The third-order valence-electron chi connectivity index (χ3n) is 5.18. The second kappa shape index (κ2) is 13.3. The Morgan fingerprint density at radius 2 is 1.94 bits per heavy atom. The van der Waals surface area contributed by atoms with Crippen LogP contribution in [0.1, 0.15) is 51.5 Å². The lowest BCUT2D eigenvalue weighted by atomic mass is 10.1. The standard InChI is InChI=1S/C26H34N4O3S/c1-4-6-9-18(29-26(32)17-12-13-17)16-23(20(8-5-2)25(28)31)30-22-11-7-10-19(24(22)33-3)21(27)14-15-34/h7-11,14-17,30H,4-6,12-13,27H2,1-3H3,(H2,28,31)(H,29,32)/b18-9-,20-8-,21-14-,23-16+. The number of carbonyl (C=O) groups is 2. The Morgan fingerprint density at radius 1 is 1.21 bits per heavy atom. The van der Waals surface area contributed by atoms with E-state index in [-0.39, 0.29) is 11.8 Å². The molecule has 0 radical (unpaired) electrons. The molecule has 7 nitrogen and oxygen atoms in total. The smallest absolute Gasteiger partial charge is 0.250 e. The van der Waals surface area contributed by atoms with Crippen molar-refractivity contribution in [1.82, 2.24) is 5.32 Å².